The monoisotopic (exact) mass is 469 g/mol. The van der Waals surface area contributed by atoms with Crippen LogP contribution in [0, 0.1) is 0 Å². The maximum absolute atomic E-state index is 11.2. The van der Waals surface area contributed by atoms with Gasteiger partial charge in [0.25, 0.3) is 0 Å². The van der Waals surface area contributed by atoms with Gasteiger partial charge < -0.3 is 14.3 Å². The van der Waals surface area contributed by atoms with E-state index in [2.05, 4.69) is 89.1 Å². The second kappa shape index (κ2) is 9.03. The summed E-state index contributed by atoms with van der Waals surface area (Å²) >= 11 is 1.82. The van der Waals surface area contributed by atoms with Gasteiger partial charge in [0.2, 0.25) is 0 Å². The first-order valence-corrected chi connectivity index (χ1v) is 12.4. The van der Waals surface area contributed by atoms with Gasteiger partial charge in [0, 0.05) is 46.7 Å². The number of aromatic nitrogens is 1. The Balaban J connectivity index is 1.61. The molecule has 0 bridgehead atoms. The number of thioether (sulfide) groups is 1. The third-order valence-corrected chi connectivity index (χ3v) is 7.29. The second-order valence-electron chi connectivity index (χ2n) is 8.31. The Morgan fingerprint density at radius 2 is 1.71 bits per heavy atom. The summed E-state index contributed by atoms with van der Waals surface area (Å²) in [4.78, 5) is 19.7. The van der Waals surface area contributed by atoms with Gasteiger partial charge in [-0.15, -0.1) is 0 Å². The van der Waals surface area contributed by atoms with E-state index in [-0.39, 0.29) is 0 Å². The van der Waals surface area contributed by atoms with Crippen molar-refractivity contribution in [3.63, 3.8) is 0 Å². The normalized spacial score (nSPS) is 14.9. The largest absolute Gasteiger partial charge is 0.341 e. The van der Waals surface area contributed by atoms with E-state index in [1.165, 1.54) is 49.9 Å². The summed E-state index contributed by atoms with van der Waals surface area (Å²) in [5, 5.41) is 7.59. The van der Waals surface area contributed by atoms with Crippen molar-refractivity contribution in [3.05, 3.63) is 76.8 Å². The zero-order chi connectivity index (χ0) is 23.8. The number of carbonyl (C=O) groups is 1. The SMILES string of the molecule is CCN1C(=Cc2ccc3c(c2)c2cc(C(C)=NOC(C)=O)ccc2n3CC)Sc2ccccc21. The van der Waals surface area contributed by atoms with Crippen LogP contribution in [0.15, 0.2) is 75.7 Å². The molecule has 0 unspecified atom stereocenters. The van der Waals surface area contributed by atoms with Crippen molar-refractivity contribution in [2.24, 2.45) is 5.16 Å². The molecule has 0 aliphatic carbocycles. The number of hydrogen-bond acceptors (Lipinski definition) is 5. The van der Waals surface area contributed by atoms with E-state index in [1.807, 2.05) is 24.8 Å². The van der Waals surface area contributed by atoms with E-state index in [0.717, 1.165) is 18.7 Å². The van der Waals surface area contributed by atoms with Gasteiger partial charge >= 0.3 is 5.97 Å². The number of fused-ring (bicyclic) bond motifs is 4. The molecule has 0 saturated heterocycles. The first kappa shape index (κ1) is 22.3. The van der Waals surface area contributed by atoms with Gasteiger partial charge in [0.05, 0.1) is 16.4 Å². The maximum atomic E-state index is 11.2. The molecule has 1 aromatic heterocycles. The van der Waals surface area contributed by atoms with Crippen LogP contribution in [-0.2, 0) is 16.2 Å². The number of aryl methyl sites for hydroxylation is 1. The predicted octanol–water partition coefficient (Wildman–Crippen LogP) is 7.03. The van der Waals surface area contributed by atoms with E-state index >= 15 is 0 Å². The standard InChI is InChI=1S/C28H27N3O2S/c1-5-30-24-13-11-20(16-28-31(6-2)26-9-7-8-10-27(26)34-28)15-22(24)23-17-21(12-14-25(23)30)18(3)29-33-19(4)32/h7-17H,5-6H2,1-4H3. The molecule has 0 amide bonds. The molecule has 1 aliphatic rings. The second-order valence-corrected chi connectivity index (χ2v) is 9.37. The highest BCUT2D eigenvalue weighted by molar-refractivity contribution is 8.03. The van der Waals surface area contributed by atoms with Crippen LogP contribution >= 0.6 is 11.8 Å². The zero-order valence-electron chi connectivity index (χ0n) is 19.8. The van der Waals surface area contributed by atoms with Gasteiger partial charge in [-0.1, -0.05) is 41.2 Å². The van der Waals surface area contributed by atoms with Crippen LogP contribution in [0.5, 0.6) is 0 Å². The van der Waals surface area contributed by atoms with Gasteiger partial charge in [-0.2, -0.15) is 0 Å². The minimum Gasteiger partial charge on any atom is -0.341 e. The molecule has 5 rings (SSSR count). The van der Waals surface area contributed by atoms with Crippen molar-refractivity contribution in [2.75, 3.05) is 11.4 Å². The Hall–Kier alpha value is -3.51. The van der Waals surface area contributed by atoms with Crippen LogP contribution in [0.25, 0.3) is 27.9 Å². The molecular formula is C28H27N3O2S. The lowest BCUT2D eigenvalue weighted by Gasteiger charge is -2.18. The minimum atomic E-state index is -0.422. The van der Waals surface area contributed by atoms with Crippen molar-refractivity contribution in [1.29, 1.82) is 0 Å². The van der Waals surface area contributed by atoms with Crippen LogP contribution in [0.4, 0.5) is 5.69 Å². The molecule has 172 valence electrons. The average molecular weight is 470 g/mol. The first-order valence-electron chi connectivity index (χ1n) is 11.5. The molecule has 0 fully saturated rings. The van der Waals surface area contributed by atoms with Gasteiger partial charge in [-0.25, -0.2) is 4.79 Å². The third-order valence-electron chi connectivity index (χ3n) is 6.18. The fraction of sp³-hybridized carbons (Fsp3) is 0.214. The Kier molecular flexibility index (Phi) is 5.92. The molecule has 0 N–H and O–H groups in total. The van der Waals surface area contributed by atoms with Crippen molar-refractivity contribution in [3.8, 4) is 0 Å². The lowest BCUT2D eigenvalue weighted by Crippen LogP contribution is -2.16. The average Bonchev–Trinajstić information content (AvgIpc) is 3.36. The molecule has 4 aromatic rings. The number of rotatable bonds is 5. The van der Waals surface area contributed by atoms with Gasteiger partial charge in [-0.3, -0.25) is 0 Å². The van der Waals surface area contributed by atoms with Crippen molar-refractivity contribution in [2.45, 2.75) is 39.1 Å². The topological polar surface area (TPSA) is 46.8 Å². The summed E-state index contributed by atoms with van der Waals surface area (Å²) in [7, 11) is 0. The fourth-order valence-corrected chi connectivity index (χ4v) is 5.78. The van der Waals surface area contributed by atoms with E-state index < -0.39 is 5.97 Å². The molecule has 34 heavy (non-hydrogen) atoms. The van der Waals surface area contributed by atoms with Gasteiger partial charge in [0.15, 0.2) is 0 Å². The quantitative estimate of drug-likeness (QED) is 0.179. The number of anilines is 1. The smallest absolute Gasteiger partial charge is 0.331 e. The minimum absolute atomic E-state index is 0.422. The lowest BCUT2D eigenvalue weighted by molar-refractivity contribution is -0.140. The van der Waals surface area contributed by atoms with Crippen molar-refractivity contribution < 1.29 is 9.63 Å². The summed E-state index contributed by atoms with van der Waals surface area (Å²) in [6.07, 6.45) is 2.28. The van der Waals surface area contributed by atoms with Crippen LogP contribution in [0.3, 0.4) is 0 Å². The van der Waals surface area contributed by atoms with E-state index in [0.29, 0.717) is 5.71 Å². The van der Waals surface area contributed by atoms with Crippen LogP contribution in [0.1, 0.15) is 38.8 Å². The highest BCUT2D eigenvalue weighted by Crippen LogP contribution is 2.46. The summed E-state index contributed by atoms with van der Waals surface area (Å²) in [6.45, 7) is 9.38. The number of hydrogen-bond donors (Lipinski definition) is 0. The van der Waals surface area contributed by atoms with E-state index in [9.17, 15) is 4.79 Å². The number of para-hydroxylation sites is 1. The third kappa shape index (κ3) is 3.88. The molecule has 0 saturated carbocycles. The molecule has 6 heteroatoms. The van der Waals surface area contributed by atoms with Crippen LogP contribution in [-0.4, -0.2) is 22.8 Å². The maximum Gasteiger partial charge on any atom is 0.331 e. The molecule has 0 spiro atoms. The van der Waals surface area contributed by atoms with E-state index in [4.69, 9.17) is 4.84 Å². The van der Waals surface area contributed by atoms with Gasteiger partial charge in [-0.05, 0) is 74.4 Å². The van der Waals surface area contributed by atoms with Crippen molar-refractivity contribution in [1.82, 2.24) is 4.57 Å². The number of oxime groups is 1. The van der Waals surface area contributed by atoms with E-state index in [1.54, 1.807) is 0 Å². The van der Waals surface area contributed by atoms with Crippen LogP contribution in [0.2, 0.25) is 0 Å². The highest BCUT2D eigenvalue weighted by Gasteiger charge is 2.23. The molecule has 2 heterocycles. The first-order chi connectivity index (χ1) is 16.5. The van der Waals surface area contributed by atoms with Crippen LogP contribution < -0.4 is 4.90 Å². The Morgan fingerprint density at radius 1 is 0.971 bits per heavy atom. The summed E-state index contributed by atoms with van der Waals surface area (Å²) in [6, 6.07) is 21.6. The Morgan fingerprint density at radius 3 is 2.44 bits per heavy atom. The summed E-state index contributed by atoms with van der Waals surface area (Å²) < 4.78 is 2.34. The molecule has 0 radical (unpaired) electrons. The summed E-state index contributed by atoms with van der Waals surface area (Å²) in [5.41, 5.74) is 6.45. The van der Waals surface area contributed by atoms with Gasteiger partial charge in [0.1, 0.15) is 0 Å². The zero-order valence-corrected chi connectivity index (χ0v) is 20.6. The fourth-order valence-electron chi connectivity index (χ4n) is 4.59. The van der Waals surface area contributed by atoms with Crippen molar-refractivity contribution >= 4 is 57.0 Å². The Bertz CT molecular complexity index is 1480. The molecule has 5 nitrogen and oxygen atoms in total. The molecular weight excluding hydrogens is 442 g/mol. The number of nitrogens with zero attached hydrogens (tertiary/aromatic N) is 3. The highest BCUT2D eigenvalue weighted by atomic mass is 32.2. The lowest BCUT2D eigenvalue weighted by atomic mass is 10.1. The molecule has 1 aliphatic heterocycles. The predicted molar refractivity (Wildman–Crippen MR) is 142 cm³/mol. The summed E-state index contributed by atoms with van der Waals surface area (Å²) in [5.74, 6) is -0.422. The number of benzene rings is 3. The molecule has 0 atom stereocenters. The molecule has 3 aromatic carbocycles. The number of carbonyl (C=O) groups excluding carboxylic acids is 1. The Labute approximate surface area is 203 Å².